The Kier molecular flexibility index (Phi) is 6.93. The van der Waals surface area contributed by atoms with Gasteiger partial charge >= 0.3 is 12.0 Å². The number of carbonyl (C=O) groups is 2. The van der Waals surface area contributed by atoms with Crippen LogP contribution in [0, 0.1) is 6.92 Å². The molecule has 0 unspecified atom stereocenters. The van der Waals surface area contributed by atoms with Crippen LogP contribution in [0.15, 0.2) is 24.3 Å². The van der Waals surface area contributed by atoms with Gasteiger partial charge in [0.2, 0.25) is 0 Å². The van der Waals surface area contributed by atoms with E-state index in [-0.39, 0.29) is 0 Å². The molecule has 0 aliphatic heterocycles. The Hall–Kier alpha value is -1.69. The number of carbonyl (C=O) groups excluding carboxylic acids is 1. The number of urea groups is 1. The quantitative estimate of drug-likeness (QED) is 0.719. The Bertz CT molecular complexity index is 465. The summed E-state index contributed by atoms with van der Waals surface area (Å²) >= 11 is 1.55. The van der Waals surface area contributed by atoms with Gasteiger partial charge in [0.05, 0.1) is 0 Å². The van der Waals surface area contributed by atoms with Crippen molar-refractivity contribution in [1.29, 1.82) is 0 Å². The Balaban J connectivity index is 2.43. The van der Waals surface area contributed by atoms with Crippen LogP contribution in [0.25, 0.3) is 0 Å². The van der Waals surface area contributed by atoms with Gasteiger partial charge < -0.3 is 15.7 Å². The molecule has 0 aromatic heterocycles. The van der Waals surface area contributed by atoms with Crippen LogP contribution >= 0.6 is 11.8 Å². The summed E-state index contributed by atoms with van der Waals surface area (Å²) in [7, 11) is 0. The molecule has 1 aromatic rings. The molecule has 1 rings (SSSR count). The van der Waals surface area contributed by atoms with E-state index in [0.717, 1.165) is 11.1 Å². The Morgan fingerprint density at radius 3 is 2.75 bits per heavy atom. The lowest BCUT2D eigenvalue weighted by Crippen LogP contribution is -2.46. The second-order valence-corrected chi connectivity index (χ2v) is 5.47. The summed E-state index contributed by atoms with van der Waals surface area (Å²) in [6, 6.07) is 6.48. The van der Waals surface area contributed by atoms with E-state index in [2.05, 4.69) is 10.6 Å². The van der Waals surface area contributed by atoms with E-state index in [0.29, 0.717) is 18.7 Å². The number of aliphatic carboxylic acids is 1. The minimum absolute atomic E-state index is 0.377. The van der Waals surface area contributed by atoms with Gasteiger partial charge in [-0.05, 0) is 30.9 Å². The summed E-state index contributed by atoms with van der Waals surface area (Å²) < 4.78 is 0. The monoisotopic (exact) mass is 296 g/mol. The fraction of sp³-hybridized carbons (Fsp3) is 0.429. The van der Waals surface area contributed by atoms with Crippen molar-refractivity contribution in [2.45, 2.75) is 25.9 Å². The lowest BCUT2D eigenvalue weighted by Gasteiger charge is -2.14. The second kappa shape index (κ2) is 8.47. The molecule has 20 heavy (non-hydrogen) atoms. The maximum Gasteiger partial charge on any atom is 0.326 e. The molecule has 3 N–H and O–H groups in total. The van der Waals surface area contributed by atoms with E-state index in [4.69, 9.17) is 5.11 Å². The van der Waals surface area contributed by atoms with Gasteiger partial charge in [0, 0.05) is 6.54 Å². The van der Waals surface area contributed by atoms with Crippen molar-refractivity contribution in [2.75, 3.05) is 12.0 Å². The average Bonchev–Trinajstić information content (AvgIpc) is 2.41. The molecule has 6 heteroatoms. The summed E-state index contributed by atoms with van der Waals surface area (Å²) in [4.78, 5) is 22.7. The SMILES string of the molecule is CSCC[C@H](NC(=O)NCc1cccc(C)c1)C(=O)O. The summed E-state index contributed by atoms with van der Waals surface area (Å²) in [5.41, 5.74) is 2.10. The van der Waals surface area contributed by atoms with Crippen LogP contribution in [0.5, 0.6) is 0 Å². The highest BCUT2D eigenvalue weighted by molar-refractivity contribution is 7.98. The Morgan fingerprint density at radius 2 is 2.15 bits per heavy atom. The molecular weight excluding hydrogens is 276 g/mol. The van der Waals surface area contributed by atoms with Crippen molar-refractivity contribution in [3.05, 3.63) is 35.4 Å². The van der Waals surface area contributed by atoms with E-state index >= 15 is 0 Å². The minimum atomic E-state index is -1.01. The van der Waals surface area contributed by atoms with Crippen molar-refractivity contribution in [2.24, 2.45) is 0 Å². The summed E-state index contributed by atoms with van der Waals surface area (Å²) in [5.74, 6) is -0.320. The predicted molar refractivity (Wildman–Crippen MR) is 81.0 cm³/mol. The first-order chi connectivity index (χ1) is 9.52. The van der Waals surface area contributed by atoms with Crippen LogP contribution < -0.4 is 10.6 Å². The maximum absolute atomic E-state index is 11.7. The van der Waals surface area contributed by atoms with E-state index < -0.39 is 18.0 Å². The number of nitrogens with one attached hydrogen (secondary N) is 2. The number of carboxylic acids is 1. The fourth-order valence-electron chi connectivity index (χ4n) is 1.71. The zero-order valence-corrected chi connectivity index (χ0v) is 12.5. The highest BCUT2D eigenvalue weighted by Crippen LogP contribution is 2.04. The highest BCUT2D eigenvalue weighted by atomic mass is 32.2. The molecule has 0 bridgehead atoms. The molecule has 0 aliphatic carbocycles. The molecule has 0 saturated heterocycles. The number of hydrogen-bond acceptors (Lipinski definition) is 3. The molecule has 0 fully saturated rings. The lowest BCUT2D eigenvalue weighted by molar-refractivity contribution is -0.139. The number of thioether (sulfide) groups is 1. The van der Waals surface area contributed by atoms with E-state index in [1.807, 2.05) is 37.4 Å². The second-order valence-electron chi connectivity index (χ2n) is 4.49. The van der Waals surface area contributed by atoms with Crippen LogP contribution in [0.3, 0.4) is 0 Å². The first-order valence-corrected chi connectivity index (χ1v) is 7.74. The minimum Gasteiger partial charge on any atom is -0.480 e. The van der Waals surface area contributed by atoms with Crippen molar-refractivity contribution >= 4 is 23.8 Å². The van der Waals surface area contributed by atoms with E-state index in [1.165, 1.54) is 0 Å². The van der Waals surface area contributed by atoms with Gasteiger partial charge in [0.1, 0.15) is 6.04 Å². The van der Waals surface area contributed by atoms with Gasteiger partial charge in [0.15, 0.2) is 0 Å². The molecule has 5 nitrogen and oxygen atoms in total. The average molecular weight is 296 g/mol. The number of carboxylic acid groups (broad SMARTS) is 1. The van der Waals surface area contributed by atoms with Crippen molar-refractivity contribution in [3.63, 3.8) is 0 Å². The van der Waals surface area contributed by atoms with E-state index in [1.54, 1.807) is 11.8 Å². The van der Waals surface area contributed by atoms with Crippen LogP contribution in [0.2, 0.25) is 0 Å². The third-order valence-corrected chi connectivity index (χ3v) is 3.39. The van der Waals surface area contributed by atoms with Gasteiger partial charge in [-0.15, -0.1) is 0 Å². The summed E-state index contributed by atoms with van der Waals surface area (Å²) in [5, 5.41) is 14.2. The summed E-state index contributed by atoms with van der Waals surface area (Å²) in [6.45, 7) is 2.36. The molecule has 1 aromatic carbocycles. The number of benzene rings is 1. The molecule has 0 heterocycles. The standard InChI is InChI=1S/C14H20N2O3S/c1-10-4-3-5-11(8-10)9-15-14(19)16-12(13(17)18)6-7-20-2/h3-5,8,12H,6-7,9H2,1-2H3,(H,17,18)(H2,15,16,19)/t12-/m0/s1. The van der Waals surface area contributed by atoms with E-state index in [9.17, 15) is 9.59 Å². The lowest BCUT2D eigenvalue weighted by atomic mass is 10.1. The Labute approximate surface area is 123 Å². The zero-order valence-electron chi connectivity index (χ0n) is 11.7. The third-order valence-electron chi connectivity index (χ3n) is 2.75. The third kappa shape index (κ3) is 5.97. The number of hydrogen-bond donors (Lipinski definition) is 3. The molecular formula is C14H20N2O3S. The molecule has 0 spiro atoms. The van der Waals surface area contributed by atoms with Gasteiger partial charge in [-0.25, -0.2) is 9.59 Å². The first kappa shape index (κ1) is 16.4. The first-order valence-electron chi connectivity index (χ1n) is 6.34. The van der Waals surface area contributed by atoms with Crippen LogP contribution in [-0.2, 0) is 11.3 Å². The molecule has 0 aliphatic rings. The van der Waals surface area contributed by atoms with Crippen LogP contribution in [0.1, 0.15) is 17.5 Å². The fourth-order valence-corrected chi connectivity index (χ4v) is 2.18. The predicted octanol–water partition coefficient (Wildman–Crippen LogP) is 2.00. The molecule has 1 atom stereocenters. The maximum atomic E-state index is 11.7. The molecule has 0 radical (unpaired) electrons. The van der Waals surface area contributed by atoms with Crippen LogP contribution in [0.4, 0.5) is 4.79 Å². The molecule has 110 valence electrons. The van der Waals surface area contributed by atoms with Gasteiger partial charge in [-0.1, -0.05) is 29.8 Å². The zero-order chi connectivity index (χ0) is 15.0. The topological polar surface area (TPSA) is 78.4 Å². The molecule has 0 saturated carbocycles. The van der Waals surface area contributed by atoms with Crippen molar-refractivity contribution < 1.29 is 14.7 Å². The largest absolute Gasteiger partial charge is 0.480 e. The Morgan fingerprint density at radius 1 is 1.40 bits per heavy atom. The van der Waals surface area contributed by atoms with Crippen molar-refractivity contribution in [1.82, 2.24) is 10.6 Å². The van der Waals surface area contributed by atoms with Gasteiger partial charge in [-0.2, -0.15) is 11.8 Å². The van der Waals surface area contributed by atoms with Crippen molar-refractivity contribution in [3.8, 4) is 0 Å². The summed E-state index contributed by atoms with van der Waals surface area (Å²) in [6.07, 6.45) is 2.31. The van der Waals surface area contributed by atoms with Gasteiger partial charge in [0.25, 0.3) is 0 Å². The molecule has 2 amide bonds. The normalized spacial score (nSPS) is 11.7. The smallest absolute Gasteiger partial charge is 0.326 e. The number of rotatable bonds is 7. The number of aryl methyl sites for hydroxylation is 1. The highest BCUT2D eigenvalue weighted by Gasteiger charge is 2.18. The van der Waals surface area contributed by atoms with Gasteiger partial charge in [-0.3, -0.25) is 0 Å². The number of amides is 2. The van der Waals surface area contributed by atoms with Crippen LogP contribution in [-0.4, -0.2) is 35.2 Å².